The Bertz CT molecular complexity index is 511. The van der Waals surface area contributed by atoms with Crippen LogP contribution < -0.4 is 0 Å². The summed E-state index contributed by atoms with van der Waals surface area (Å²) >= 11 is 3.32. The maximum Gasteiger partial charge on any atom is 0.336 e. The lowest BCUT2D eigenvalue weighted by atomic mass is 10.1. The third-order valence-corrected chi connectivity index (χ3v) is 2.57. The second-order valence-corrected chi connectivity index (χ2v) is 3.89. The summed E-state index contributed by atoms with van der Waals surface area (Å²) in [4.78, 5) is 10.9. The van der Waals surface area contributed by atoms with Crippen molar-refractivity contribution in [3.8, 4) is 0 Å². The van der Waals surface area contributed by atoms with E-state index < -0.39 is 5.97 Å². The largest absolute Gasteiger partial charge is 0.478 e. The van der Waals surface area contributed by atoms with Crippen LogP contribution in [-0.2, 0) is 0 Å². The van der Waals surface area contributed by atoms with Gasteiger partial charge in [0.25, 0.3) is 0 Å². The van der Waals surface area contributed by atoms with E-state index in [4.69, 9.17) is 5.11 Å². The number of carbonyl (C=O) groups is 1. The van der Waals surface area contributed by atoms with Crippen molar-refractivity contribution in [2.45, 2.75) is 0 Å². The van der Waals surface area contributed by atoms with Gasteiger partial charge in [0.2, 0.25) is 0 Å². The van der Waals surface area contributed by atoms with Gasteiger partial charge in [-0.15, -0.1) is 0 Å². The van der Waals surface area contributed by atoms with E-state index >= 15 is 0 Å². The summed E-state index contributed by atoms with van der Waals surface area (Å²) in [7, 11) is 0. The number of carboxylic acid groups (broad SMARTS) is 1. The molecule has 2 aromatic rings. The van der Waals surface area contributed by atoms with Gasteiger partial charge in [0, 0.05) is 21.8 Å². The van der Waals surface area contributed by atoms with Crippen LogP contribution in [0.15, 0.2) is 40.9 Å². The van der Waals surface area contributed by atoms with E-state index in [1.807, 2.05) is 24.3 Å². The van der Waals surface area contributed by atoms with Gasteiger partial charge in [-0.1, -0.05) is 34.1 Å². The molecule has 0 amide bonds. The quantitative estimate of drug-likeness (QED) is 0.814. The van der Waals surface area contributed by atoms with Crippen LogP contribution in [0.5, 0.6) is 0 Å². The summed E-state index contributed by atoms with van der Waals surface area (Å²) in [6.07, 6.45) is 0. The molecule has 0 bridgehead atoms. The van der Waals surface area contributed by atoms with Crippen LogP contribution in [0.3, 0.4) is 0 Å². The molecule has 0 fully saturated rings. The van der Waals surface area contributed by atoms with Crippen molar-refractivity contribution in [1.82, 2.24) is 0 Å². The van der Waals surface area contributed by atoms with E-state index in [1.165, 1.54) is 0 Å². The first-order valence-electron chi connectivity index (χ1n) is 4.10. The van der Waals surface area contributed by atoms with Gasteiger partial charge in [-0.05, 0) is 29.0 Å². The maximum absolute atomic E-state index is 10.9. The number of hydrogen-bond acceptors (Lipinski definition) is 1. The zero-order valence-electron chi connectivity index (χ0n) is 7.77. The average molecular weight is 278 g/mol. The number of fused-ring (bicyclic) bond motifs is 1. The summed E-state index contributed by atoms with van der Waals surface area (Å²) in [6.45, 7) is 0. The lowest BCUT2D eigenvalue weighted by Gasteiger charge is -2.02. The molecule has 2 rings (SSSR count). The van der Waals surface area contributed by atoms with Crippen LogP contribution in [0.25, 0.3) is 10.8 Å². The maximum atomic E-state index is 10.9. The Balaban J connectivity index is 0.00000112. The average Bonchev–Trinajstić information content (AvgIpc) is 2.16. The predicted octanol–water partition coefficient (Wildman–Crippen LogP) is 2.92. The van der Waals surface area contributed by atoms with Gasteiger partial charge in [0.1, 0.15) is 0 Å². The summed E-state index contributed by atoms with van der Waals surface area (Å²) in [5.41, 5.74) is 0.337. The monoisotopic (exact) mass is 277 g/mol. The van der Waals surface area contributed by atoms with Gasteiger partial charge in [-0.3, -0.25) is 0 Å². The number of rotatable bonds is 1. The molecule has 0 aliphatic heterocycles. The zero-order chi connectivity index (χ0) is 10.1. The highest BCUT2D eigenvalue weighted by molar-refractivity contribution is 9.10. The highest BCUT2D eigenvalue weighted by atomic mass is 79.9. The molecule has 3 radical (unpaired) electrons. The molecule has 73 valence electrons. The molecule has 0 heterocycles. The van der Waals surface area contributed by atoms with Crippen molar-refractivity contribution in [2.24, 2.45) is 0 Å². The summed E-state index contributed by atoms with van der Waals surface area (Å²) in [5, 5.41) is 10.7. The molecule has 0 aromatic heterocycles. The smallest absolute Gasteiger partial charge is 0.336 e. The molecule has 0 aliphatic carbocycles. The summed E-state index contributed by atoms with van der Waals surface area (Å²) in [5.74, 6) is -0.895. The number of halogens is 1. The normalized spacial score (nSPS) is 9.67. The summed E-state index contributed by atoms with van der Waals surface area (Å²) in [6, 6.07) is 10.9. The Morgan fingerprint density at radius 2 is 1.93 bits per heavy atom. The third-order valence-electron chi connectivity index (χ3n) is 2.07. The van der Waals surface area contributed by atoms with E-state index in [-0.39, 0.29) is 17.4 Å². The van der Waals surface area contributed by atoms with Gasteiger partial charge in [0.15, 0.2) is 0 Å². The van der Waals surface area contributed by atoms with Gasteiger partial charge in [-0.25, -0.2) is 4.79 Å². The fourth-order valence-corrected chi connectivity index (χ4v) is 1.79. The third kappa shape index (κ3) is 2.40. The Labute approximate surface area is 106 Å². The number of aromatic carboxylic acids is 1. The molecular weight excluding hydrogens is 271 g/mol. The minimum absolute atomic E-state index is 0. The van der Waals surface area contributed by atoms with E-state index in [2.05, 4.69) is 15.9 Å². The number of benzene rings is 2. The molecule has 1 N–H and O–H groups in total. The molecule has 2 aromatic carbocycles. The highest BCUT2D eigenvalue weighted by Gasteiger charge is 2.07. The van der Waals surface area contributed by atoms with Gasteiger partial charge in [0.05, 0.1) is 5.56 Å². The lowest BCUT2D eigenvalue weighted by Crippen LogP contribution is -1.96. The molecule has 0 saturated heterocycles. The van der Waals surface area contributed by atoms with Gasteiger partial charge in [-0.2, -0.15) is 0 Å². The van der Waals surface area contributed by atoms with Crippen molar-refractivity contribution in [3.63, 3.8) is 0 Å². The molecule has 15 heavy (non-hydrogen) atoms. The molecule has 2 nitrogen and oxygen atoms in total. The minimum atomic E-state index is -0.895. The number of carboxylic acids is 1. The van der Waals surface area contributed by atoms with Crippen LogP contribution in [-0.4, -0.2) is 28.4 Å². The van der Waals surface area contributed by atoms with Crippen LogP contribution in [0.1, 0.15) is 10.4 Å². The zero-order valence-corrected chi connectivity index (χ0v) is 10.5. The van der Waals surface area contributed by atoms with E-state index in [1.54, 1.807) is 12.1 Å². The van der Waals surface area contributed by atoms with Crippen LogP contribution in [0, 0.1) is 0 Å². The van der Waals surface area contributed by atoms with Crippen molar-refractivity contribution in [1.29, 1.82) is 0 Å². The van der Waals surface area contributed by atoms with Crippen molar-refractivity contribution >= 4 is 50.0 Å². The van der Waals surface area contributed by atoms with Crippen molar-refractivity contribution in [3.05, 3.63) is 46.4 Å². The number of hydrogen-bond donors (Lipinski definition) is 1. The highest BCUT2D eigenvalue weighted by Crippen LogP contribution is 2.22. The summed E-state index contributed by atoms with van der Waals surface area (Å²) < 4.78 is 0.888. The Morgan fingerprint density at radius 3 is 2.60 bits per heavy atom. The SMILES string of the molecule is O=C(O)c1cccc2ccc(Br)cc12.[Al]. The van der Waals surface area contributed by atoms with E-state index in [0.717, 1.165) is 15.2 Å². The first-order chi connectivity index (χ1) is 6.68. The Morgan fingerprint density at radius 1 is 1.20 bits per heavy atom. The first-order valence-corrected chi connectivity index (χ1v) is 4.89. The van der Waals surface area contributed by atoms with Crippen molar-refractivity contribution in [2.75, 3.05) is 0 Å². The topological polar surface area (TPSA) is 37.3 Å². The fraction of sp³-hybridized carbons (Fsp3) is 0. The Kier molecular flexibility index (Phi) is 3.92. The van der Waals surface area contributed by atoms with Gasteiger partial charge < -0.3 is 5.11 Å². The van der Waals surface area contributed by atoms with Crippen LogP contribution >= 0.6 is 15.9 Å². The predicted molar refractivity (Wildman–Crippen MR) is 64.4 cm³/mol. The first kappa shape index (κ1) is 12.3. The standard InChI is InChI=1S/C11H7BrO2.Al/c12-8-5-4-7-2-1-3-9(11(13)14)10(7)6-8;/h1-6H,(H,13,14);. The molecule has 0 atom stereocenters. The molecule has 0 saturated carbocycles. The fourth-order valence-electron chi connectivity index (χ4n) is 1.43. The second kappa shape index (κ2) is 4.80. The minimum Gasteiger partial charge on any atom is -0.478 e. The van der Waals surface area contributed by atoms with Crippen molar-refractivity contribution < 1.29 is 9.90 Å². The second-order valence-electron chi connectivity index (χ2n) is 2.98. The molecule has 0 aliphatic rings. The van der Waals surface area contributed by atoms with Crippen LogP contribution in [0.4, 0.5) is 0 Å². The molecule has 4 heteroatoms. The lowest BCUT2D eigenvalue weighted by molar-refractivity contribution is 0.0699. The molecule has 0 spiro atoms. The van der Waals surface area contributed by atoms with E-state index in [9.17, 15) is 4.79 Å². The van der Waals surface area contributed by atoms with Gasteiger partial charge >= 0.3 is 5.97 Å². The Hall–Kier alpha value is -0.818. The molecular formula is C11H7AlBrO2. The van der Waals surface area contributed by atoms with E-state index in [0.29, 0.717) is 5.56 Å². The van der Waals surface area contributed by atoms with Crippen LogP contribution in [0.2, 0.25) is 0 Å². The molecule has 0 unspecified atom stereocenters.